The van der Waals surface area contributed by atoms with Crippen LogP contribution in [0.25, 0.3) is 0 Å². The molecular weight excluding hydrogens is 360 g/mol. The summed E-state index contributed by atoms with van der Waals surface area (Å²) >= 11 is 1.53. The van der Waals surface area contributed by atoms with Crippen LogP contribution in [0.2, 0.25) is 0 Å². The highest BCUT2D eigenvalue weighted by Gasteiger charge is 2.35. The van der Waals surface area contributed by atoms with E-state index < -0.39 is 0 Å². The SMILES string of the molecule is CCc1nc(C)sc1C(=O)N1CCC[C@@](C)(Cc2ccc3c(c2)OCO3)C1. The van der Waals surface area contributed by atoms with Crippen molar-refractivity contribution in [2.24, 2.45) is 5.41 Å². The molecule has 27 heavy (non-hydrogen) atoms. The number of hydrogen-bond donors (Lipinski definition) is 0. The van der Waals surface area contributed by atoms with Gasteiger partial charge in [0.1, 0.15) is 4.88 Å². The van der Waals surface area contributed by atoms with Crippen LogP contribution in [-0.2, 0) is 12.8 Å². The molecule has 0 aliphatic carbocycles. The Morgan fingerprint density at radius 3 is 2.96 bits per heavy atom. The number of carbonyl (C=O) groups excluding carboxylic acids is 1. The van der Waals surface area contributed by atoms with E-state index in [4.69, 9.17) is 9.47 Å². The molecule has 1 saturated heterocycles. The Labute approximate surface area is 164 Å². The molecule has 144 valence electrons. The molecular formula is C21H26N2O3S. The van der Waals surface area contributed by atoms with Crippen LogP contribution in [0.1, 0.15) is 52.6 Å². The molecule has 3 heterocycles. The fourth-order valence-electron chi connectivity index (χ4n) is 4.20. The first-order valence-electron chi connectivity index (χ1n) is 9.61. The minimum absolute atomic E-state index is 0.0632. The van der Waals surface area contributed by atoms with Crippen LogP contribution < -0.4 is 9.47 Å². The van der Waals surface area contributed by atoms with Gasteiger partial charge in [-0.25, -0.2) is 4.98 Å². The number of likely N-dealkylation sites (tertiary alicyclic amines) is 1. The standard InChI is InChI=1S/C21H26N2O3S/c1-4-16-19(27-14(2)22-16)20(24)23-9-5-8-21(3,12-23)11-15-6-7-17-18(10-15)26-13-25-17/h6-7,10H,4-5,8-9,11-13H2,1-3H3/t21-/m0/s1. The molecule has 1 aromatic carbocycles. The molecule has 4 rings (SSSR count). The lowest BCUT2D eigenvalue weighted by Crippen LogP contribution is -2.45. The predicted octanol–water partition coefficient (Wildman–Crippen LogP) is 4.23. The van der Waals surface area contributed by atoms with Crippen LogP contribution in [0.15, 0.2) is 18.2 Å². The molecule has 0 spiro atoms. The zero-order chi connectivity index (χ0) is 19.0. The maximum atomic E-state index is 13.1. The molecule has 1 amide bonds. The molecule has 1 fully saturated rings. The normalized spacial score (nSPS) is 21.5. The summed E-state index contributed by atoms with van der Waals surface area (Å²) < 4.78 is 10.9. The fourth-order valence-corrected chi connectivity index (χ4v) is 5.17. The highest BCUT2D eigenvalue weighted by atomic mass is 32.1. The van der Waals surface area contributed by atoms with Gasteiger partial charge in [0.05, 0.1) is 10.7 Å². The number of aromatic nitrogens is 1. The second-order valence-corrected chi connectivity index (χ2v) is 9.07. The van der Waals surface area contributed by atoms with Crippen molar-refractivity contribution in [3.8, 4) is 11.5 Å². The molecule has 2 aromatic rings. The highest BCUT2D eigenvalue weighted by Crippen LogP contribution is 2.38. The predicted molar refractivity (Wildman–Crippen MR) is 106 cm³/mol. The van der Waals surface area contributed by atoms with Gasteiger partial charge in [-0.3, -0.25) is 4.79 Å². The van der Waals surface area contributed by atoms with E-state index in [-0.39, 0.29) is 11.3 Å². The molecule has 0 saturated carbocycles. The van der Waals surface area contributed by atoms with Crippen LogP contribution >= 0.6 is 11.3 Å². The van der Waals surface area contributed by atoms with Crippen molar-refractivity contribution in [1.29, 1.82) is 0 Å². The van der Waals surface area contributed by atoms with E-state index in [9.17, 15) is 4.79 Å². The van der Waals surface area contributed by atoms with Crippen molar-refractivity contribution in [3.63, 3.8) is 0 Å². The summed E-state index contributed by atoms with van der Waals surface area (Å²) in [6.45, 7) is 8.23. The summed E-state index contributed by atoms with van der Waals surface area (Å²) in [5.74, 6) is 1.79. The minimum atomic E-state index is 0.0632. The van der Waals surface area contributed by atoms with Crippen molar-refractivity contribution >= 4 is 17.2 Å². The van der Waals surface area contributed by atoms with Crippen LogP contribution in [0.4, 0.5) is 0 Å². The number of ether oxygens (including phenoxy) is 2. The molecule has 5 nitrogen and oxygen atoms in total. The number of amides is 1. The number of benzene rings is 1. The molecule has 0 bridgehead atoms. The maximum absolute atomic E-state index is 13.1. The molecule has 6 heteroatoms. The van der Waals surface area contributed by atoms with E-state index in [1.54, 1.807) is 0 Å². The van der Waals surface area contributed by atoms with E-state index in [2.05, 4.69) is 31.0 Å². The second kappa shape index (κ2) is 7.15. The first-order valence-corrected chi connectivity index (χ1v) is 10.4. The van der Waals surface area contributed by atoms with Crippen molar-refractivity contribution in [2.45, 2.75) is 46.5 Å². The third kappa shape index (κ3) is 3.68. The first kappa shape index (κ1) is 18.3. The summed E-state index contributed by atoms with van der Waals surface area (Å²) in [7, 11) is 0. The highest BCUT2D eigenvalue weighted by molar-refractivity contribution is 7.13. The molecule has 0 radical (unpaired) electrons. The third-order valence-corrected chi connectivity index (χ3v) is 6.47. The van der Waals surface area contributed by atoms with Crippen LogP contribution in [0.3, 0.4) is 0 Å². The summed E-state index contributed by atoms with van der Waals surface area (Å²) in [6.07, 6.45) is 3.88. The van der Waals surface area contributed by atoms with E-state index in [0.717, 1.165) is 65.9 Å². The monoisotopic (exact) mass is 386 g/mol. The van der Waals surface area contributed by atoms with E-state index in [1.165, 1.54) is 16.9 Å². The summed E-state index contributed by atoms with van der Waals surface area (Å²) in [4.78, 5) is 20.5. The Kier molecular flexibility index (Phi) is 4.84. The Morgan fingerprint density at radius 1 is 1.33 bits per heavy atom. The van der Waals surface area contributed by atoms with E-state index >= 15 is 0 Å². The molecule has 2 aliphatic heterocycles. The lowest BCUT2D eigenvalue weighted by atomic mass is 9.77. The average molecular weight is 387 g/mol. The number of rotatable bonds is 4. The zero-order valence-corrected chi connectivity index (χ0v) is 17.0. The Balaban J connectivity index is 1.50. The Morgan fingerprint density at radius 2 is 2.15 bits per heavy atom. The average Bonchev–Trinajstić information content (AvgIpc) is 3.26. The Bertz CT molecular complexity index is 863. The van der Waals surface area contributed by atoms with Gasteiger partial charge >= 0.3 is 0 Å². The number of nitrogens with zero attached hydrogens (tertiary/aromatic N) is 2. The number of carbonyl (C=O) groups is 1. The minimum Gasteiger partial charge on any atom is -0.454 e. The van der Waals surface area contributed by atoms with Crippen LogP contribution in [0, 0.1) is 12.3 Å². The van der Waals surface area contributed by atoms with Crippen molar-refractivity contribution in [1.82, 2.24) is 9.88 Å². The van der Waals surface area contributed by atoms with E-state index in [1.807, 2.05) is 17.9 Å². The molecule has 0 unspecified atom stereocenters. The van der Waals surface area contributed by atoms with Crippen molar-refractivity contribution < 1.29 is 14.3 Å². The van der Waals surface area contributed by atoms with Gasteiger partial charge in [-0.15, -0.1) is 11.3 Å². The molecule has 1 aromatic heterocycles. The Hall–Kier alpha value is -2.08. The van der Waals surface area contributed by atoms with Gasteiger partial charge in [0.2, 0.25) is 6.79 Å². The molecule has 2 aliphatic rings. The first-order chi connectivity index (χ1) is 13.0. The van der Waals surface area contributed by atoms with Gasteiger partial charge in [0.25, 0.3) is 5.91 Å². The van der Waals surface area contributed by atoms with Gasteiger partial charge in [0, 0.05) is 13.1 Å². The van der Waals surface area contributed by atoms with Gasteiger partial charge in [-0.05, 0) is 55.7 Å². The molecule has 0 N–H and O–H groups in total. The number of thiazole rings is 1. The number of fused-ring (bicyclic) bond motifs is 1. The van der Waals surface area contributed by atoms with Gasteiger partial charge in [-0.2, -0.15) is 0 Å². The second-order valence-electron chi connectivity index (χ2n) is 7.87. The quantitative estimate of drug-likeness (QED) is 0.789. The fraction of sp³-hybridized carbons (Fsp3) is 0.524. The smallest absolute Gasteiger partial charge is 0.265 e. The largest absolute Gasteiger partial charge is 0.454 e. The lowest BCUT2D eigenvalue weighted by molar-refractivity contribution is 0.0554. The van der Waals surface area contributed by atoms with Gasteiger partial charge in [0.15, 0.2) is 11.5 Å². The molecule has 1 atom stereocenters. The third-order valence-electron chi connectivity index (χ3n) is 5.47. The van der Waals surface area contributed by atoms with E-state index in [0.29, 0.717) is 6.79 Å². The summed E-state index contributed by atoms with van der Waals surface area (Å²) in [6, 6.07) is 6.18. The lowest BCUT2D eigenvalue weighted by Gasteiger charge is -2.40. The van der Waals surface area contributed by atoms with Crippen molar-refractivity contribution in [2.75, 3.05) is 19.9 Å². The van der Waals surface area contributed by atoms with Gasteiger partial charge in [-0.1, -0.05) is 19.9 Å². The number of hydrogen-bond acceptors (Lipinski definition) is 5. The zero-order valence-electron chi connectivity index (χ0n) is 16.2. The van der Waals surface area contributed by atoms with Crippen LogP contribution in [-0.4, -0.2) is 35.7 Å². The summed E-state index contributed by atoms with van der Waals surface area (Å²) in [5.41, 5.74) is 2.23. The maximum Gasteiger partial charge on any atom is 0.265 e. The topological polar surface area (TPSA) is 51.7 Å². The van der Waals surface area contributed by atoms with Crippen molar-refractivity contribution in [3.05, 3.63) is 39.3 Å². The number of piperidine rings is 1. The number of aryl methyl sites for hydroxylation is 2. The summed E-state index contributed by atoms with van der Waals surface area (Å²) in [5, 5.41) is 0.968. The van der Waals surface area contributed by atoms with Gasteiger partial charge < -0.3 is 14.4 Å². The van der Waals surface area contributed by atoms with Crippen LogP contribution in [0.5, 0.6) is 11.5 Å².